The van der Waals surface area contributed by atoms with Gasteiger partial charge in [0, 0.05) is 11.6 Å². The molecule has 0 aliphatic heterocycles. The molecule has 20 heavy (non-hydrogen) atoms. The number of nitrogens with one attached hydrogen (secondary N) is 1. The van der Waals surface area contributed by atoms with E-state index in [2.05, 4.69) is 20.0 Å². The van der Waals surface area contributed by atoms with Crippen molar-refractivity contribution in [3.63, 3.8) is 0 Å². The molecule has 0 saturated heterocycles. The topological polar surface area (TPSA) is 101 Å². The Morgan fingerprint density at radius 3 is 2.95 bits per heavy atom. The van der Waals surface area contributed by atoms with Crippen molar-refractivity contribution in [3.8, 4) is 0 Å². The molecule has 2 rings (SSSR count). The molecule has 0 bridgehead atoms. The fraction of sp³-hybridized carbons (Fsp3) is 0.167. The van der Waals surface area contributed by atoms with Crippen LogP contribution in [0.15, 0.2) is 23.7 Å². The zero-order chi connectivity index (χ0) is 14.5. The molecule has 0 unspecified atom stereocenters. The fourth-order valence-electron chi connectivity index (χ4n) is 1.47. The fourth-order valence-corrected chi connectivity index (χ4v) is 2.18. The number of nitrogens with zero attached hydrogens (tertiary/aromatic N) is 2. The average Bonchev–Trinajstić information content (AvgIpc) is 2.93. The summed E-state index contributed by atoms with van der Waals surface area (Å²) >= 11 is 1.22. The molecule has 0 aliphatic rings. The highest BCUT2D eigenvalue weighted by molar-refractivity contribution is 7.09. The van der Waals surface area contributed by atoms with Gasteiger partial charge in [-0.1, -0.05) is 0 Å². The lowest BCUT2D eigenvalue weighted by atomic mass is 10.2. The number of carbonyl (C=O) groups is 2. The van der Waals surface area contributed by atoms with Gasteiger partial charge >= 0.3 is 11.9 Å². The van der Waals surface area contributed by atoms with Crippen LogP contribution in [0.2, 0.25) is 0 Å². The summed E-state index contributed by atoms with van der Waals surface area (Å²) < 4.78 is 4.65. The molecule has 0 saturated carbocycles. The lowest BCUT2D eigenvalue weighted by molar-refractivity contribution is 0.0600. The molecule has 0 atom stereocenters. The van der Waals surface area contributed by atoms with E-state index in [0.717, 1.165) is 0 Å². The third kappa shape index (κ3) is 3.09. The second-order valence-electron chi connectivity index (χ2n) is 3.68. The number of thiazole rings is 1. The first kappa shape index (κ1) is 13.9. The number of aromatic carboxylic acids is 1. The monoisotopic (exact) mass is 293 g/mol. The van der Waals surface area contributed by atoms with E-state index < -0.39 is 11.9 Å². The summed E-state index contributed by atoms with van der Waals surface area (Å²) in [5.74, 6) is -1.20. The summed E-state index contributed by atoms with van der Waals surface area (Å²) in [6, 6.07) is 3.22. The molecule has 0 spiro atoms. The van der Waals surface area contributed by atoms with Crippen LogP contribution in [-0.4, -0.2) is 34.1 Å². The molecule has 0 aromatic carbocycles. The molecule has 0 aliphatic carbocycles. The number of carboxylic acids is 1. The Balaban J connectivity index is 2.10. The van der Waals surface area contributed by atoms with Crippen LogP contribution >= 0.6 is 11.3 Å². The molecule has 0 amide bonds. The highest BCUT2D eigenvalue weighted by Gasteiger charge is 2.13. The van der Waals surface area contributed by atoms with Crippen LogP contribution in [0.1, 0.15) is 25.9 Å². The van der Waals surface area contributed by atoms with Crippen LogP contribution in [0.5, 0.6) is 0 Å². The predicted molar refractivity (Wildman–Crippen MR) is 72.0 cm³/mol. The number of carboxylic acid groups (broad SMARTS) is 1. The van der Waals surface area contributed by atoms with E-state index in [4.69, 9.17) is 5.11 Å². The van der Waals surface area contributed by atoms with Crippen LogP contribution in [-0.2, 0) is 11.3 Å². The summed E-state index contributed by atoms with van der Waals surface area (Å²) in [6.45, 7) is 0.277. The first-order valence-electron chi connectivity index (χ1n) is 5.56. The van der Waals surface area contributed by atoms with E-state index in [-0.39, 0.29) is 12.2 Å². The van der Waals surface area contributed by atoms with Crippen molar-refractivity contribution in [3.05, 3.63) is 40.0 Å². The van der Waals surface area contributed by atoms with Crippen molar-refractivity contribution in [2.45, 2.75) is 6.54 Å². The summed E-state index contributed by atoms with van der Waals surface area (Å²) in [6.07, 6.45) is 1.54. The lowest BCUT2D eigenvalue weighted by Crippen LogP contribution is -2.09. The summed E-state index contributed by atoms with van der Waals surface area (Å²) in [4.78, 5) is 30.3. The SMILES string of the molecule is COC(=O)c1cccnc1NCc1nc(C(=O)O)cs1. The van der Waals surface area contributed by atoms with Crippen molar-refractivity contribution in [1.82, 2.24) is 9.97 Å². The highest BCUT2D eigenvalue weighted by Crippen LogP contribution is 2.16. The van der Waals surface area contributed by atoms with Gasteiger partial charge in [-0.3, -0.25) is 0 Å². The minimum Gasteiger partial charge on any atom is -0.476 e. The van der Waals surface area contributed by atoms with Gasteiger partial charge in [0.2, 0.25) is 0 Å². The van der Waals surface area contributed by atoms with Crippen LogP contribution in [0, 0.1) is 0 Å². The second kappa shape index (κ2) is 6.11. The molecule has 7 nitrogen and oxygen atoms in total. The molecule has 8 heteroatoms. The van der Waals surface area contributed by atoms with Gasteiger partial charge in [0.15, 0.2) is 5.69 Å². The van der Waals surface area contributed by atoms with Gasteiger partial charge in [-0.25, -0.2) is 19.6 Å². The van der Waals surface area contributed by atoms with Gasteiger partial charge in [-0.15, -0.1) is 11.3 Å². The smallest absolute Gasteiger partial charge is 0.355 e. The zero-order valence-electron chi connectivity index (χ0n) is 10.5. The number of esters is 1. The predicted octanol–water partition coefficient (Wildman–Crippen LogP) is 1.64. The molecule has 104 valence electrons. The number of carbonyl (C=O) groups excluding carboxylic acids is 1. The van der Waals surface area contributed by atoms with Crippen LogP contribution < -0.4 is 5.32 Å². The van der Waals surface area contributed by atoms with Gasteiger partial charge in [-0.05, 0) is 12.1 Å². The Labute approximate surface area is 118 Å². The number of hydrogen-bond donors (Lipinski definition) is 2. The molecule has 2 N–H and O–H groups in total. The van der Waals surface area contributed by atoms with Crippen molar-refractivity contribution in [2.24, 2.45) is 0 Å². The lowest BCUT2D eigenvalue weighted by Gasteiger charge is -2.07. The number of hydrogen-bond acceptors (Lipinski definition) is 7. The van der Waals surface area contributed by atoms with E-state index in [9.17, 15) is 9.59 Å². The number of aromatic nitrogens is 2. The summed E-state index contributed by atoms with van der Waals surface area (Å²) in [5, 5.41) is 13.8. The number of methoxy groups -OCH3 is 1. The highest BCUT2D eigenvalue weighted by atomic mass is 32.1. The summed E-state index contributed by atoms with van der Waals surface area (Å²) in [7, 11) is 1.29. The number of pyridine rings is 1. The normalized spacial score (nSPS) is 10.1. The maximum atomic E-state index is 11.5. The van der Waals surface area contributed by atoms with Crippen LogP contribution in [0.25, 0.3) is 0 Å². The molecule has 0 radical (unpaired) electrons. The van der Waals surface area contributed by atoms with Gasteiger partial charge in [0.1, 0.15) is 16.4 Å². The largest absolute Gasteiger partial charge is 0.476 e. The Hall–Kier alpha value is -2.48. The number of anilines is 1. The van der Waals surface area contributed by atoms with E-state index in [0.29, 0.717) is 16.4 Å². The number of ether oxygens (including phenoxy) is 1. The molecule has 2 aromatic rings. The molecule has 2 aromatic heterocycles. The Kier molecular flexibility index (Phi) is 4.26. The van der Waals surface area contributed by atoms with Crippen molar-refractivity contribution in [2.75, 3.05) is 12.4 Å². The maximum absolute atomic E-state index is 11.5. The van der Waals surface area contributed by atoms with E-state index in [1.54, 1.807) is 18.3 Å². The van der Waals surface area contributed by atoms with Crippen molar-refractivity contribution < 1.29 is 19.4 Å². The average molecular weight is 293 g/mol. The second-order valence-corrected chi connectivity index (χ2v) is 4.62. The van der Waals surface area contributed by atoms with Crippen molar-refractivity contribution >= 4 is 29.1 Å². The quantitative estimate of drug-likeness (QED) is 0.808. The van der Waals surface area contributed by atoms with Gasteiger partial charge in [0.05, 0.1) is 13.7 Å². The number of rotatable bonds is 5. The van der Waals surface area contributed by atoms with E-state index >= 15 is 0 Å². The van der Waals surface area contributed by atoms with E-state index in [1.807, 2.05) is 0 Å². The third-order valence-electron chi connectivity index (χ3n) is 2.39. The molecular weight excluding hydrogens is 282 g/mol. The first-order valence-corrected chi connectivity index (χ1v) is 6.44. The van der Waals surface area contributed by atoms with Gasteiger partial charge < -0.3 is 15.2 Å². The maximum Gasteiger partial charge on any atom is 0.355 e. The summed E-state index contributed by atoms with van der Waals surface area (Å²) in [5.41, 5.74) is 0.311. The Bertz CT molecular complexity index is 641. The van der Waals surface area contributed by atoms with Crippen LogP contribution in [0.4, 0.5) is 5.82 Å². The minimum absolute atomic E-state index is 0.000937. The van der Waals surface area contributed by atoms with E-state index in [1.165, 1.54) is 23.8 Å². The first-order chi connectivity index (χ1) is 9.61. The standard InChI is InChI=1S/C12H11N3O4S/c1-19-12(18)7-3-2-4-13-10(7)14-5-9-15-8(6-20-9)11(16)17/h2-4,6H,5H2,1H3,(H,13,14)(H,16,17). The molecular formula is C12H11N3O4S. The van der Waals surface area contributed by atoms with Gasteiger partial charge in [0.25, 0.3) is 0 Å². The third-order valence-corrected chi connectivity index (χ3v) is 3.24. The minimum atomic E-state index is -1.07. The molecule has 2 heterocycles. The zero-order valence-corrected chi connectivity index (χ0v) is 11.3. The molecule has 0 fully saturated rings. The Morgan fingerprint density at radius 1 is 1.50 bits per heavy atom. The van der Waals surface area contributed by atoms with Crippen LogP contribution in [0.3, 0.4) is 0 Å². The van der Waals surface area contributed by atoms with Gasteiger partial charge in [-0.2, -0.15) is 0 Å². The van der Waals surface area contributed by atoms with Crippen molar-refractivity contribution in [1.29, 1.82) is 0 Å². The Morgan fingerprint density at radius 2 is 2.30 bits per heavy atom.